The second-order valence-electron chi connectivity index (χ2n) is 20.2. The Morgan fingerprint density at radius 3 is 1.35 bits per heavy atom. The van der Waals surface area contributed by atoms with Gasteiger partial charge < -0.3 is 14.4 Å². The van der Waals surface area contributed by atoms with Crippen LogP contribution in [-0.4, -0.2) is 0 Å². The largest absolute Gasteiger partial charge is 0.457 e. The van der Waals surface area contributed by atoms with Crippen LogP contribution >= 0.6 is 0 Å². The van der Waals surface area contributed by atoms with Crippen LogP contribution in [-0.2, 0) is 10.8 Å². The molecule has 2 heterocycles. The fraction of sp³-hybridized carbons (Fsp3) is 0.0278. The van der Waals surface area contributed by atoms with Crippen molar-refractivity contribution < 1.29 is 9.47 Å². The van der Waals surface area contributed by atoms with Crippen LogP contribution in [0, 0.1) is 0 Å². The Morgan fingerprint density at radius 2 is 0.720 bits per heavy atom. The summed E-state index contributed by atoms with van der Waals surface area (Å²) in [5, 5.41) is 2.36. The quantitative estimate of drug-likeness (QED) is 0.172. The van der Waals surface area contributed by atoms with Crippen molar-refractivity contribution in [1.29, 1.82) is 0 Å². The van der Waals surface area contributed by atoms with E-state index < -0.39 is 10.8 Å². The molecule has 4 aliphatic rings. The van der Waals surface area contributed by atoms with Gasteiger partial charge in [0.05, 0.1) is 22.2 Å². The van der Waals surface area contributed by atoms with Gasteiger partial charge in [-0.2, -0.15) is 0 Å². The molecule has 0 fully saturated rings. The van der Waals surface area contributed by atoms with Crippen LogP contribution in [0.25, 0.3) is 55.3 Å². The van der Waals surface area contributed by atoms with Crippen molar-refractivity contribution in [3.8, 4) is 67.5 Å². The van der Waals surface area contributed by atoms with Gasteiger partial charge in [0.2, 0.25) is 0 Å². The van der Waals surface area contributed by atoms with Gasteiger partial charge in [0.25, 0.3) is 0 Å². The van der Waals surface area contributed by atoms with E-state index >= 15 is 0 Å². The van der Waals surface area contributed by atoms with Gasteiger partial charge in [0.15, 0.2) is 0 Å². The number of anilines is 3. The Morgan fingerprint density at radius 1 is 0.267 bits per heavy atom. The molecule has 2 aliphatic heterocycles. The lowest BCUT2D eigenvalue weighted by Gasteiger charge is -2.40. The fourth-order valence-electron chi connectivity index (χ4n) is 13.7. The Balaban J connectivity index is 1.01. The molecule has 0 aromatic heterocycles. The molecule has 12 aromatic rings. The van der Waals surface area contributed by atoms with Gasteiger partial charge in [-0.15, -0.1) is 0 Å². The van der Waals surface area contributed by atoms with Gasteiger partial charge in [-0.1, -0.05) is 224 Å². The standard InChI is InChI=1S/C72H45NO2/c1-2-19-46(20-3-1)47-37-39-48(40-38-47)51-22-6-13-31-63(51)73(50-42-43-53-52-23-4-7-25-55(52)72(62(53)45-50)59-29-11-16-35-67(59)75-68-36-17-12-30-60(68)72)64-32-18-21-49-41-44-61-70(69(49)64)54-24-5-8-26-56(54)71(61)57-27-9-14-33-65(57)74-66-34-15-10-28-58(66)71/h1-45H. The Hall–Kier alpha value is -9.70. The van der Waals surface area contributed by atoms with Crippen LogP contribution in [0.5, 0.6) is 23.0 Å². The van der Waals surface area contributed by atoms with E-state index in [0.717, 1.165) is 73.4 Å². The molecule has 3 nitrogen and oxygen atoms in total. The van der Waals surface area contributed by atoms with Gasteiger partial charge in [0, 0.05) is 38.9 Å². The van der Waals surface area contributed by atoms with Gasteiger partial charge >= 0.3 is 0 Å². The summed E-state index contributed by atoms with van der Waals surface area (Å²) in [7, 11) is 0. The maximum atomic E-state index is 6.80. The third-order valence-electron chi connectivity index (χ3n) is 16.6. The van der Waals surface area contributed by atoms with E-state index in [1.54, 1.807) is 0 Å². The normalized spacial score (nSPS) is 14.0. The highest BCUT2D eigenvalue weighted by Crippen LogP contribution is 2.66. The number of hydrogen-bond acceptors (Lipinski definition) is 3. The molecule has 0 radical (unpaired) electrons. The van der Waals surface area contributed by atoms with Gasteiger partial charge in [0.1, 0.15) is 23.0 Å². The van der Waals surface area contributed by atoms with Gasteiger partial charge in [-0.05, 0) is 115 Å². The number of benzene rings is 12. The Kier molecular flexibility index (Phi) is 8.88. The van der Waals surface area contributed by atoms with Crippen molar-refractivity contribution in [1.82, 2.24) is 0 Å². The smallest absolute Gasteiger partial charge is 0.132 e. The van der Waals surface area contributed by atoms with Crippen LogP contribution < -0.4 is 14.4 Å². The lowest BCUT2D eigenvalue weighted by molar-refractivity contribution is 0.436. The number of ether oxygens (including phenoxy) is 2. The Bertz CT molecular complexity index is 4230. The summed E-state index contributed by atoms with van der Waals surface area (Å²) in [5.41, 5.74) is 21.1. The SMILES string of the molecule is c1ccc(-c2ccc(-c3ccccc3N(c3ccc4c(c3)C3(c5ccccc5Oc5ccccc53)c3ccccc3-4)c3cccc4ccc5c(c34)-c3ccccc3C53c4ccccc4Oc4ccccc43)cc2)cc1. The van der Waals surface area contributed by atoms with Crippen molar-refractivity contribution in [3.05, 3.63) is 317 Å². The molecule has 75 heavy (non-hydrogen) atoms. The minimum absolute atomic E-state index is 0.628. The first-order valence-corrected chi connectivity index (χ1v) is 25.9. The van der Waals surface area contributed by atoms with Gasteiger partial charge in [-0.3, -0.25) is 0 Å². The monoisotopic (exact) mass is 955 g/mol. The summed E-state index contributed by atoms with van der Waals surface area (Å²) in [5.74, 6) is 3.51. The average Bonchev–Trinajstić information content (AvgIpc) is 4.12. The summed E-state index contributed by atoms with van der Waals surface area (Å²) in [6.07, 6.45) is 0. The maximum Gasteiger partial charge on any atom is 0.132 e. The number of fused-ring (bicyclic) bond motifs is 20. The zero-order valence-corrected chi connectivity index (χ0v) is 40.7. The number of nitrogens with zero attached hydrogens (tertiary/aromatic N) is 1. The zero-order chi connectivity index (χ0) is 49.2. The molecule has 0 atom stereocenters. The van der Waals surface area contributed by atoms with Crippen LogP contribution in [0.4, 0.5) is 17.1 Å². The Labute approximate surface area is 435 Å². The van der Waals surface area contributed by atoms with E-state index in [0.29, 0.717) is 0 Å². The highest BCUT2D eigenvalue weighted by Gasteiger charge is 2.53. The minimum Gasteiger partial charge on any atom is -0.457 e. The summed E-state index contributed by atoms with van der Waals surface area (Å²) in [4.78, 5) is 2.55. The first kappa shape index (κ1) is 41.9. The van der Waals surface area contributed by atoms with E-state index in [-0.39, 0.29) is 0 Å². The van der Waals surface area contributed by atoms with Gasteiger partial charge in [-0.25, -0.2) is 0 Å². The number of rotatable bonds is 5. The fourth-order valence-corrected chi connectivity index (χ4v) is 13.7. The second-order valence-corrected chi connectivity index (χ2v) is 20.2. The first-order chi connectivity index (χ1) is 37.2. The van der Waals surface area contributed by atoms with E-state index in [4.69, 9.17) is 9.47 Å². The minimum atomic E-state index is -0.652. The predicted molar refractivity (Wildman–Crippen MR) is 304 cm³/mol. The van der Waals surface area contributed by atoms with E-state index in [2.05, 4.69) is 278 Å². The van der Waals surface area contributed by atoms with Crippen molar-refractivity contribution in [3.63, 3.8) is 0 Å². The molecule has 16 rings (SSSR count). The lowest BCUT2D eigenvalue weighted by atomic mass is 9.66. The summed E-state index contributed by atoms with van der Waals surface area (Å²) in [6.45, 7) is 0. The number of para-hydroxylation sites is 5. The average molecular weight is 956 g/mol. The highest BCUT2D eigenvalue weighted by molar-refractivity contribution is 6.13. The molecular weight excluding hydrogens is 911 g/mol. The molecule has 0 amide bonds. The topological polar surface area (TPSA) is 21.7 Å². The molecule has 0 N–H and O–H groups in total. The van der Waals surface area contributed by atoms with Crippen LogP contribution in [0.15, 0.2) is 273 Å². The second kappa shape index (κ2) is 15.9. The highest BCUT2D eigenvalue weighted by atomic mass is 16.5. The van der Waals surface area contributed by atoms with Crippen LogP contribution in [0.1, 0.15) is 44.5 Å². The molecule has 0 unspecified atom stereocenters. The van der Waals surface area contributed by atoms with Crippen LogP contribution in [0.2, 0.25) is 0 Å². The molecule has 0 saturated carbocycles. The van der Waals surface area contributed by atoms with Crippen LogP contribution in [0.3, 0.4) is 0 Å². The molecule has 12 aromatic carbocycles. The molecule has 2 aliphatic carbocycles. The third kappa shape index (κ3) is 5.70. The molecule has 0 saturated heterocycles. The van der Waals surface area contributed by atoms with Crippen molar-refractivity contribution in [2.75, 3.05) is 4.90 Å². The third-order valence-corrected chi connectivity index (χ3v) is 16.6. The van der Waals surface area contributed by atoms with E-state index in [1.807, 2.05) is 0 Å². The van der Waals surface area contributed by atoms with E-state index in [1.165, 1.54) is 66.4 Å². The summed E-state index contributed by atoms with van der Waals surface area (Å²) < 4.78 is 13.6. The molecule has 0 bridgehead atoms. The number of hydrogen-bond donors (Lipinski definition) is 0. The van der Waals surface area contributed by atoms with Crippen molar-refractivity contribution in [2.24, 2.45) is 0 Å². The lowest BCUT2D eigenvalue weighted by Crippen LogP contribution is -2.32. The van der Waals surface area contributed by atoms with E-state index in [9.17, 15) is 0 Å². The predicted octanol–water partition coefficient (Wildman–Crippen LogP) is 18.6. The summed E-state index contributed by atoms with van der Waals surface area (Å²) >= 11 is 0. The summed E-state index contributed by atoms with van der Waals surface area (Å²) in [6, 6.07) is 100. The molecular formula is C72H45NO2. The first-order valence-electron chi connectivity index (χ1n) is 25.9. The molecule has 3 heteroatoms. The van der Waals surface area contributed by atoms with Crippen molar-refractivity contribution in [2.45, 2.75) is 10.8 Å². The molecule has 2 spiro atoms. The maximum absolute atomic E-state index is 6.80. The zero-order valence-electron chi connectivity index (χ0n) is 40.7. The molecule has 350 valence electrons. The van der Waals surface area contributed by atoms with Crippen molar-refractivity contribution >= 4 is 27.8 Å².